The lowest BCUT2D eigenvalue weighted by Gasteiger charge is -2.29. The van der Waals surface area contributed by atoms with Crippen molar-refractivity contribution in [1.82, 2.24) is 34.1 Å². The van der Waals surface area contributed by atoms with Gasteiger partial charge >= 0.3 is 0 Å². The molecule has 40 heavy (non-hydrogen) atoms. The highest BCUT2D eigenvalue weighted by Crippen LogP contribution is 2.41. The number of rotatable bonds is 4. The first-order valence-corrected chi connectivity index (χ1v) is 13.4. The number of aryl methyl sites for hydroxylation is 3. The van der Waals surface area contributed by atoms with E-state index in [0.717, 1.165) is 29.3 Å². The molecule has 1 aromatic carbocycles. The summed E-state index contributed by atoms with van der Waals surface area (Å²) in [7, 11) is 3.73. The van der Waals surface area contributed by atoms with E-state index >= 15 is 4.39 Å². The van der Waals surface area contributed by atoms with Gasteiger partial charge in [-0.05, 0) is 37.5 Å². The lowest BCUT2D eigenvalue weighted by molar-refractivity contribution is 0.00496. The fourth-order valence-electron chi connectivity index (χ4n) is 5.97. The first-order valence-electron chi connectivity index (χ1n) is 13.4. The summed E-state index contributed by atoms with van der Waals surface area (Å²) in [5.41, 5.74) is 3.90. The molecule has 0 bridgehead atoms. The Bertz CT molecular complexity index is 1840. The SMILES string of the molecule is Cn1cc(-c2nn(C)cc2C2CC(c3cc4c(=O)n5c(nc4c(-c4ccc(F)cc4F)n3)CCC5)CCO2)cn1. The number of fused-ring (bicyclic) bond motifs is 2. The minimum Gasteiger partial charge on any atom is -0.373 e. The van der Waals surface area contributed by atoms with Gasteiger partial charge in [0.15, 0.2) is 0 Å². The van der Waals surface area contributed by atoms with E-state index in [-0.39, 0.29) is 28.8 Å². The van der Waals surface area contributed by atoms with Crippen molar-refractivity contribution in [2.75, 3.05) is 6.61 Å². The zero-order chi connectivity index (χ0) is 27.5. The third kappa shape index (κ3) is 4.12. The van der Waals surface area contributed by atoms with Crippen LogP contribution in [0.5, 0.6) is 0 Å². The van der Waals surface area contributed by atoms with E-state index in [1.54, 1.807) is 26.2 Å². The molecule has 204 valence electrons. The molecule has 7 rings (SSSR count). The molecule has 0 N–H and O–H groups in total. The van der Waals surface area contributed by atoms with Gasteiger partial charge in [-0.1, -0.05) is 0 Å². The van der Waals surface area contributed by atoms with E-state index in [9.17, 15) is 9.18 Å². The number of aromatic nitrogens is 7. The molecule has 0 saturated carbocycles. The number of nitrogens with zero attached hydrogens (tertiary/aromatic N) is 7. The summed E-state index contributed by atoms with van der Waals surface area (Å²) < 4.78 is 40.3. The zero-order valence-corrected chi connectivity index (χ0v) is 22.1. The minimum absolute atomic E-state index is 0.0648. The van der Waals surface area contributed by atoms with Gasteiger partial charge in [0.1, 0.15) is 28.7 Å². The molecule has 5 aromatic rings. The third-order valence-electron chi connectivity index (χ3n) is 7.89. The molecular weight excluding hydrogens is 516 g/mol. The van der Waals surface area contributed by atoms with Gasteiger partial charge in [-0.3, -0.25) is 23.7 Å². The van der Waals surface area contributed by atoms with Crippen molar-refractivity contribution in [1.29, 1.82) is 0 Å². The van der Waals surface area contributed by atoms with Crippen molar-refractivity contribution in [3.8, 4) is 22.5 Å². The van der Waals surface area contributed by atoms with Crippen molar-refractivity contribution in [2.24, 2.45) is 14.1 Å². The Kier molecular flexibility index (Phi) is 5.85. The molecule has 2 unspecified atom stereocenters. The molecule has 0 spiro atoms. The quantitative estimate of drug-likeness (QED) is 0.333. The summed E-state index contributed by atoms with van der Waals surface area (Å²) >= 11 is 0. The molecule has 9 nitrogen and oxygen atoms in total. The van der Waals surface area contributed by atoms with Crippen molar-refractivity contribution >= 4 is 10.9 Å². The van der Waals surface area contributed by atoms with Crippen molar-refractivity contribution in [3.05, 3.63) is 81.9 Å². The molecule has 2 aliphatic rings. The Hall–Kier alpha value is -4.25. The van der Waals surface area contributed by atoms with Crippen LogP contribution in [0.3, 0.4) is 0 Å². The molecule has 1 fully saturated rings. The van der Waals surface area contributed by atoms with Gasteiger partial charge in [0.05, 0.1) is 23.4 Å². The number of ether oxygens (including phenoxy) is 1. The lowest BCUT2D eigenvalue weighted by Crippen LogP contribution is -2.23. The lowest BCUT2D eigenvalue weighted by atomic mass is 9.88. The molecular formula is C29H27F2N7O2. The maximum atomic E-state index is 15.1. The van der Waals surface area contributed by atoms with E-state index in [4.69, 9.17) is 14.7 Å². The Balaban J connectivity index is 1.34. The first kappa shape index (κ1) is 24.8. The van der Waals surface area contributed by atoms with Gasteiger partial charge < -0.3 is 4.74 Å². The summed E-state index contributed by atoms with van der Waals surface area (Å²) in [5.74, 6) is -0.815. The highest BCUT2D eigenvalue weighted by molar-refractivity contribution is 5.91. The van der Waals surface area contributed by atoms with Crippen LogP contribution in [0.1, 0.15) is 48.4 Å². The molecule has 0 amide bonds. The molecule has 4 aromatic heterocycles. The molecule has 2 aliphatic heterocycles. The number of pyridine rings is 1. The number of halogens is 2. The van der Waals surface area contributed by atoms with Crippen molar-refractivity contribution in [2.45, 2.75) is 44.2 Å². The van der Waals surface area contributed by atoms with Crippen molar-refractivity contribution in [3.63, 3.8) is 0 Å². The van der Waals surface area contributed by atoms with Gasteiger partial charge in [-0.15, -0.1) is 0 Å². The zero-order valence-electron chi connectivity index (χ0n) is 22.1. The average molecular weight is 544 g/mol. The second kappa shape index (κ2) is 9.44. The minimum atomic E-state index is -0.741. The Morgan fingerprint density at radius 1 is 1.05 bits per heavy atom. The topological polar surface area (TPSA) is 92.7 Å². The van der Waals surface area contributed by atoms with Crippen LogP contribution in [0, 0.1) is 11.6 Å². The summed E-state index contributed by atoms with van der Waals surface area (Å²) in [6.07, 6.45) is 8.17. The normalized spacial score (nSPS) is 18.9. The number of hydrogen-bond acceptors (Lipinski definition) is 6. The van der Waals surface area contributed by atoms with Crippen LogP contribution in [-0.2, 0) is 31.8 Å². The Labute approximate surface area is 228 Å². The predicted molar refractivity (Wildman–Crippen MR) is 144 cm³/mol. The second-order valence-electron chi connectivity index (χ2n) is 10.6. The van der Waals surface area contributed by atoms with Crippen LogP contribution in [0.4, 0.5) is 8.78 Å². The molecule has 0 radical (unpaired) electrons. The fraction of sp³-hybridized carbons (Fsp3) is 0.345. The number of benzene rings is 1. The van der Waals surface area contributed by atoms with Gasteiger partial charge in [0.2, 0.25) is 0 Å². The maximum absolute atomic E-state index is 15.1. The van der Waals surface area contributed by atoms with E-state index in [1.807, 2.05) is 26.5 Å². The van der Waals surface area contributed by atoms with Gasteiger partial charge in [-0.2, -0.15) is 10.2 Å². The molecule has 11 heteroatoms. The van der Waals surface area contributed by atoms with Crippen LogP contribution < -0.4 is 5.56 Å². The van der Waals surface area contributed by atoms with Crippen LogP contribution in [0.25, 0.3) is 33.4 Å². The van der Waals surface area contributed by atoms with E-state index in [0.29, 0.717) is 54.8 Å². The summed E-state index contributed by atoms with van der Waals surface area (Å²) in [6, 6.07) is 5.21. The molecule has 2 atom stereocenters. The van der Waals surface area contributed by atoms with Crippen LogP contribution in [0.15, 0.2) is 47.7 Å². The largest absolute Gasteiger partial charge is 0.373 e. The highest BCUT2D eigenvalue weighted by atomic mass is 19.1. The van der Waals surface area contributed by atoms with Crippen LogP contribution >= 0.6 is 0 Å². The third-order valence-corrected chi connectivity index (χ3v) is 7.89. The number of hydrogen-bond donors (Lipinski definition) is 0. The van der Waals surface area contributed by atoms with Crippen LogP contribution in [-0.4, -0.2) is 40.7 Å². The first-order chi connectivity index (χ1) is 19.4. The summed E-state index contributed by atoms with van der Waals surface area (Å²) in [6.45, 7) is 1.09. The van der Waals surface area contributed by atoms with E-state index < -0.39 is 11.6 Å². The fourth-order valence-corrected chi connectivity index (χ4v) is 5.97. The van der Waals surface area contributed by atoms with Crippen LogP contribution in [0.2, 0.25) is 0 Å². The van der Waals surface area contributed by atoms with Gasteiger partial charge in [0, 0.05) is 80.4 Å². The van der Waals surface area contributed by atoms with Crippen molar-refractivity contribution < 1.29 is 13.5 Å². The van der Waals surface area contributed by atoms with Gasteiger partial charge in [0.25, 0.3) is 5.56 Å². The average Bonchev–Trinajstić information content (AvgIpc) is 3.68. The Morgan fingerprint density at radius 2 is 1.93 bits per heavy atom. The standard InChI is InChI=1S/C29H27F2N7O2/c1-36-14-17(13-32-36)26-21(15-37(2)35-26)24-10-16(7-9-40-24)23-12-20-28(34-25-4-3-8-38(25)29(20)39)27(33-23)19-6-5-18(30)11-22(19)31/h5-6,11-16,24H,3-4,7-10H2,1-2H3. The summed E-state index contributed by atoms with van der Waals surface area (Å²) in [4.78, 5) is 23.2. The smallest absolute Gasteiger partial charge is 0.261 e. The predicted octanol–water partition coefficient (Wildman–Crippen LogP) is 4.45. The Morgan fingerprint density at radius 3 is 2.73 bits per heavy atom. The van der Waals surface area contributed by atoms with E-state index in [2.05, 4.69) is 10.2 Å². The monoisotopic (exact) mass is 543 g/mol. The summed E-state index contributed by atoms with van der Waals surface area (Å²) in [5, 5.41) is 9.35. The molecule has 6 heterocycles. The maximum Gasteiger partial charge on any atom is 0.261 e. The van der Waals surface area contributed by atoms with Gasteiger partial charge in [-0.25, -0.2) is 13.8 Å². The van der Waals surface area contributed by atoms with E-state index in [1.165, 1.54) is 12.1 Å². The molecule has 0 aliphatic carbocycles. The molecule has 1 saturated heterocycles. The highest BCUT2D eigenvalue weighted by Gasteiger charge is 2.31. The second-order valence-corrected chi connectivity index (χ2v) is 10.6.